The van der Waals surface area contributed by atoms with Crippen LogP contribution >= 0.6 is 11.6 Å². The van der Waals surface area contributed by atoms with E-state index in [2.05, 4.69) is 5.32 Å². The van der Waals surface area contributed by atoms with Gasteiger partial charge < -0.3 is 15.0 Å². The third-order valence-electron chi connectivity index (χ3n) is 3.19. The first-order valence-corrected chi connectivity index (χ1v) is 6.89. The van der Waals surface area contributed by atoms with E-state index < -0.39 is 0 Å². The molecule has 0 bridgehead atoms. The van der Waals surface area contributed by atoms with Gasteiger partial charge in [-0.2, -0.15) is 0 Å². The molecule has 1 saturated heterocycles. The van der Waals surface area contributed by atoms with E-state index in [4.69, 9.17) is 16.3 Å². The largest absolute Gasteiger partial charge is 0.495 e. The summed E-state index contributed by atoms with van der Waals surface area (Å²) in [6.07, 6.45) is 2.37. The lowest BCUT2D eigenvalue weighted by molar-refractivity contribution is -0.136. The molecule has 0 saturated carbocycles. The number of benzene rings is 1. The maximum absolute atomic E-state index is 12.0. The highest BCUT2D eigenvalue weighted by atomic mass is 35.5. The number of carbonyl (C=O) groups excluding carboxylic acids is 2. The Bertz CT molecular complexity index is 519. The smallest absolute Gasteiger partial charge is 0.244 e. The second kappa shape index (κ2) is 6.61. The van der Waals surface area contributed by atoms with Crippen molar-refractivity contribution in [1.82, 2.24) is 4.90 Å². The standard InChI is InChI=1S/C14H17ClN2O3/c1-20-12-6-5-10(15)8-11(12)16-13(18)9-17-7-3-2-4-14(17)19/h5-6,8H,2-4,7,9H2,1H3,(H,16,18). The maximum Gasteiger partial charge on any atom is 0.244 e. The highest BCUT2D eigenvalue weighted by Crippen LogP contribution is 2.27. The van der Waals surface area contributed by atoms with Gasteiger partial charge in [-0.05, 0) is 31.0 Å². The molecule has 1 aromatic rings. The van der Waals surface area contributed by atoms with Gasteiger partial charge in [-0.1, -0.05) is 11.6 Å². The quantitative estimate of drug-likeness (QED) is 0.927. The van der Waals surface area contributed by atoms with Crippen LogP contribution in [0.15, 0.2) is 18.2 Å². The molecular weight excluding hydrogens is 280 g/mol. The van der Waals surface area contributed by atoms with Crippen LogP contribution in [0.3, 0.4) is 0 Å². The second-order valence-corrected chi connectivity index (χ2v) is 5.10. The number of nitrogens with zero attached hydrogens (tertiary/aromatic N) is 1. The van der Waals surface area contributed by atoms with Gasteiger partial charge >= 0.3 is 0 Å². The number of piperidine rings is 1. The first kappa shape index (κ1) is 14.7. The average molecular weight is 297 g/mol. The van der Waals surface area contributed by atoms with Crippen molar-refractivity contribution in [3.63, 3.8) is 0 Å². The van der Waals surface area contributed by atoms with E-state index in [1.807, 2.05) is 0 Å². The molecule has 0 aliphatic carbocycles. The van der Waals surface area contributed by atoms with Crippen LogP contribution in [-0.2, 0) is 9.59 Å². The second-order valence-electron chi connectivity index (χ2n) is 4.67. The minimum Gasteiger partial charge on any atom is -0.495 e. The zero-order valence-electron chi connectivity index (χ0n) is 11.3. The van der Waals surface area contributed by atoms with E-state index >= 15 is 0 Å². The molecule has 1 N–H and O–H groups in total. The molecule has 0 unspecified atom stereocenters. The van der Waals surface area contributed by atoms with Gasteiger partial charge in [0.2, 0.25) is 11.8 Å². The number of halogens is 1. The summed E-state index contributed by atoms with van der Waals surface area (Å²) in [6.45, 7) is 0.702. The van der Waals surface area contributed by atoms with Crippen molar-refractivity contribution < 1.29 is 14.3 Å². The molecule has 6 heteroatoms. The Labute approximate surface area is 122 Å². The zero-order valence-corrected chi connectivity index (χ0v) is 12.1. The first-order valence-electron chi connectivity index (χ1n) is 6.51. The molecule has 0 aromatic heterocycles. The van der Waals surface area contributed by atoms with Gasteiger partial charge in [0, 0.05) is 18.0 Å². The minimum atomic E-state index is -0.249. The molecule has 20 heavy (non-hydrogen) atoms. The Balaban J connectivity index is 2.00. The Morgan fingerprint density at radius 3 is 2.95 bits per heavy atom. The number of methoxy groups -OCH3 is 1. The topological polar surface area (TPSA) is 58.6 Å². The third kappa shape index (κ3) is 3.63. The van der Waals surface area contributed by atoms with Crippen LogP contribution in [0.25, 0.3) is 0 Å². The summed E-state index contributed by atoms with van der Waals surface area (Å²) < 4.78 is 5.16. The van der Waals surface area contributed by atoms with Crippen LogP contribution in [0, 0.1) is 0 Å². The Morgan fingerprint density at radius 2 is 2.25 bits per heavy atom. The van der Waals surface area contributed by atoms with Crippen LogP contribution in [-0.4, -0.2) is 36.9 Å². The van der Waals surface area contributed by atoms with E-state index in [1.165, 1.54) is 7.11 Å². The molecule has 1 fully saturated rings. The van der Waals surface area contributed by atoms with Gasteiger partial charge in [-0.15, -0.1) is 0 Å². The number of hydrogen-bond acceptors (Lipinski definition) is 3. The summed E-state index contributed by atoms with van der Waals surface area (Å²) >= 11 is 5.90. The zero-order chi connectivity index (χ0) is 14.5. The van der Waals surface area contributed by atoms with Gasteiger partial charge in [-0.3, -0.25) is 9.59 Å². The van der Waals surface area contributed by atoms with E-state index in [9.17, 15) is 9.59 Å². The van der Waals surface area contributed by atoms with Crippen molar-refractivity contribution in [2.45, 2.75) is 19.3 Å². The summed E-state index contributed by atoms with van der Waals surface area (Å²) in [5, 5.41) is 3.24. The number of hydrogen-bond donors (Lipinski definition) is 1. The summed E-state index contributed by atoms with van der Waals surface area (Å²) in [7, 11) is 1.52. The summed E-state index contributed by atoms with van der Waals surface area (Å²) in [4.78, 5) is 25.2. The average Bonchev–Trinajstić information content (AvgIpc) is 2.41. The van der Waals surface area contributed by atoms with Crippen molar-refractivity contribution in [2.24, 2.45) is 0 Å². The minimum absolute atomic E-state index is 0.0319. The Morgan fingerprint density at radius 1 is 1.45 bits per heavy atom. The van der Waals surface area contributed by atoms with Crippen LogP contribution < -0.4 is 10.1 Å². The van der Waals surface area contributed by atoms with E-state index in [1.54, 1.807) is 23.1 Å². The highest BCUT2D eigenvalue weighted by molar-refractivity contribution is 6.31. The van der Waals surface area contributed by atoms with Gasteiger partial charge in [0.05, 0.1) is 19.3 Å². The lowest BCUT2D eigenvalue weighted by Crippen LogP contribution is -2.40. The van der Waals surface area contributed by atoms with Crippen molar-refractivity contribution in [3.05, 3.63) is 23.2 Å². The lowest BCUT2D eigenvalue weighted by Gasteiger charge is -2.26. The number of anilines is 1. The van der Waals surface area contributed by atoms with Crippen LogP contribution in [0.2, 0.25) is 5.02 Å². The van der Waals surface area contributed by atoms with Crippen LogP contribution in [0.5, 0.6) is 5.75 Å². The fourth-order valence-corrected chi connectivity index (χ4v) is 2.34. The maximum atomic E-state index is 12.0. The Hall–Kier alpha value is -1.75. The van der Waals surface area contributed by atoms with Gasteiger partial charge in [0.25, 0.3) is 0 Å². The molecule has 1 aliphatic heterocycles. The molecular formula is C14H17ClN2O3. The predicted octanol–water partition coefficient (Wildman–Crippen LogP) is 2.30. The van der Waals surface area contributed by atoms with Crippen molar-refractivity contribution in [1.29, 1.82) is 0 Å². The van der Waals surface area contributed by atoms with Crippen molar-refractivity contribution in [2.75, 3.05) is 25.5 Å². The SMILES string of the molecule is COc1ccc(Cl)cc1NC(=O)CN1CCCCC1=O. The predicted molar refractivity (Wildman–Crippen MR) is 77.1 cm³/mol. The molecule has 108 valence electrons. The summed E-state index contributed by atoms with van der Waals surface area (Å²) in [6, 6.07) is 4.99. The lowest BCUT2D eigenvalue weighted by atomic mass is 10.1. The van der Waals surface area contributed by atoms with Gasteiger partial charge in [0.15, 0.2) is 0 Å². The number of amides is 2. The fourth-order valence-electron chi connectivity index (χ4n) is 2.17. The van der Waals surface area contributed by atoms with Crippen LogP contribution in [0.4, 0.5) is 5.69 Å². The molecule has 2 rings (SSSR count). The molecule has 1 heterocycles. The van der Waals surface area contributed by atoms with E-state index in [-0.39, 0.29) is 18.4 Å². The Kier molecular flexibility index (Phi) is 4.84. The van der Waals surface area contributed by atoms with Crippen molar-refractivity contribution in [3.8, 4) is 5.75 Å². The number of carbonyl (C=O) groups is 2. The molecule has 5 nitrogen and oxygen atoms in total. The normalized spacial score (nSPS) is 15.1. The third-order valence-corrected chi connectivity index (χ3v) is 3.43. The van der Waals surface area contributed by atoms with E-state index in [0.29, 0.717) is 29.4 Å². The summed E-state index contributed by atoms with van der Waals surface area (Å²) in [5.74, 6) is 0.318. The summed E-state index contributed by atoms with van der Waals surface area (Å²) in [5.41, 5.74) is 0.509. The molecule has 0 radical (unpaired) electrons. The van der Waals surface area contributed by atoms with Gasteiger partial charge in [-0.25, -0.2) is 0 Å². The number of nitrogens with one attached hydrogen (secondary N) is 1. The van der Waals surface area contributed by atoms with Gasteiger partial charge in [0.1, 0.15) is 5.75 Å². The number of likely N-dealkylation sites (tertiary alicyclic amines) is 1. The molecule has 1 aromatic carbocycles. The first-order chi connectivity index (χ1) is 9.60. The monoisotopic (exact) mass is 296 g/mol. The molecule has 0 spiro atoms. The van der Waals surface area contributed by atoms with Crippen LogP contribution in [0.1, 0.15) is 19.3 Å². The number of ether oxygens (including phenoxy) is 1. The van der Waals surface area contributed by atoms with E-state index in [0.717, 1.165) is 12.8 Å². The van der Waals surface area contributed by atoms with Crippen molar-refractivity contribution >= 4 is 29.1 Å². The molecule has 2 amide bonds. The highest BCUT2D eigenvalue weighted by Gasteiger charge is 2.20. The molecule has 1 aliphatic rings. The molecule has 0 atom stereocenters. The fraction of sp³-hybridized carbons (Fsp3) is 0.429. The number of rotatable bonds is 4.